The van der Waals surface area contributed by atoms with E-state index in [4.69, 9.17) is 4.42 Å². The van der Waals surface area contributed by atoms with Gasteiger partial charge in [0.2, 0.25) is 0 Å². The molecule has 0 spiro atoms. The maximum atomic E-state index is 12.8. The molecule has 0 unspecified atom stereocenters. The second-order valence-electron chi connectivity index (χ2n) is 8.60. The Hall–Kier alpha value is -3.00. The molecule has 0 saturated carbocycles. The summed E-state index contributed by atoms with van der Waals surface area (Å²) in [6.45, 7) is 8.44. The molecule has 1 saturated heterocycles. The van der Waals surface area contributed by atoms with Crippen molar-refractivity contribution in [3.8, 4) is 0 Å². The summed E-state index contributed by atoms with van der Waals surface area (Å²) in [5.41, 5.74) is 2.59. The minimum Gasteiger partial charge on any atom is -0.422 e. The number of piperazine rings is 1. The predicted molar refractivity (Wildman–Crippen MR) is 133 cm³/mol. The largest absolute Gasteiger partial charge is 0.422 e. The molecule has 0 atom stereocenters. The second-order valence-corrected chi connectivity index (χ2v) is 9.65. The van der Waals surface area contributed by atoms with Crippen LogP contribution in [0.4, 0.5) is 0 Å². The number of benzene rings is 2. The fourth-order valence-corrected chi connectivity index (χ4v) is 5.43. The molecule has 0 bridgehead atoms. The number of nitrogens with one attached hydrogen (secondary N) is 1. The highest BCUT2D eigenvalue weighted by molar-refractivity contribution is 7.21. The summed E-state index contributed by atoms with van der Waals surface area (Å²) in [4.78, 5) is 30.5. The number of rotatable bonds is 6. The molecule has 33 heavy (non-hydrogen) atoms. The van der Waals surface area contributed by atoms with Crippen LogP contribution in [-0.2, 0) is 6.54 Å². The highest BCUT2D eigenvalue weighted by Gasteiger charge is 2.18. The summed E-state index contributed by atoms with van der Waals surface area (Å²) < 4.78 is 6.25. The number of hydrogen-bond donors (Lipinski definition) is 1. The van der Waals surface area contributed by atoms with Crippen molar-refractivity contribution in [2.24, 2.45) is 0 Å². The Bertz CT molecular complexity index is 1340. The lowest BCUT2D eigenvalue weighted by atomic mass is 10.1. The van der Waals surface area contributed by atoms with Gasteiger partial charge in [-0.25, -0.2) is 4.79 Å². The average molecular weight is 462 g/mol. The summed E-state index contributed by atoms with van der Waals surface area (Å²) >= 11 is 1.35. The zero-order valence-corrected chi connectivity index (χ0v) is 19.5. The van der Waals surface area contributed by atoms with Crippen LogP contribution in [0.25, 0.3) is 21.1 Å². The van der Waals surface area contributed by atoms with Crippen molar-refractivity contribution in [3.05, 3.63) is 81.0 Å². The smallest absolute Gasteiger partial charge is 0.345 e. The van der Waals surface area contributed by atoms with Gasteiger partial charge < -0.3 is 9.73 Å². The van der Waals surface area contributed by atoms with Gasteiger partial charge in [0, 0.05) is 51.2 Å². The lowest BCUT2D eigenvalue weighted by Gasteiger charge is -2.34. The number of nitrogens with zero attached hydrogens (tertiary/aromatic N) is 2. The quantitative estimate of drug-likeness (QED) is 0.442. The van der Waals surface area contributed by atoms with Crippen LogP contribution in [0.3, 0.4) is 0 Å². The van der Waals surface area contributed by atoms with Gasteiger partial charge >= 0.3 is 5.63 Å². The Morgan fingerprint density at radius 2 is 1.76 bits per heavy atom. The summed E-state index contributed by atoms with van der Waals surface area (Å²) in [6, 6.07) is 17.9. The van der Waals surface area contributed by atoms with Crippen molar-refractivity contribution >= 4 is 38.3 Å². The molecule has 6 nitrogen and oxygen atoms in total. The summed E-state index contributed by atoms with van der Waals surface area (Å²) in [7, 11) is 0. The van der Waals surface area contributed by atoms with Gasteiger partial charge in [0.15, 0.2) is 0 Å². The van der Waals surface area contributed by atoms with E-state index in [0.717, 1.165) is 54.9 Å². The first-order valence-corrected chi connectivity index (χ1v) is 12.1. The van der Waals surface area contributed by atoms with Crippen LogP contribution in [-0.4, -0.2) is 55.0 Å². The minimum atomic E-state index is -0.398. The van der Waals surface area contributed by atoms with Gasteiger partial charge in [-0.15, -0.1) is 11.3 Å². The van der Waals surface area contributed by atoms with E-state index >= 15 is 0 Å². The van der Waals surface area contributed by atoms with E-state index in [-0.39, 0.29) is 5.91 Å². The predicted octanol–water partition coefficient (Wildman–Crippen LogP) is 3.86. The monoisotopic (exact) mass is 461 g/mol. The molecule has 3 heterocycles. The average Bonchev–Trinajstić information content (AvgIpc) is 3.28. The van der Waals surface area contributed by atoms with E-state index in [2.05, 4.69) is 39.4 Å². The fraction of sp³-hybridized carbons (Fsp3) is 0.308. The standard InChI is InChI=1S/C26H27N3O3S/c1-18-7-8-22-20(15-18)24-21(26(31)32-22)16-23(33-24)25(30)27-9-10-28-11-13-29(14-12-28)17-19-5-3-2-4-6-19/h2-8,15-16H,9-14,17H2,1H3,(H,27,30). The zero-order valence-electron chi connectivity index (χ0n) is 18.7. The van der Waals surface area contributed by atoms with Crippen LogP contribution in [0, 0.1) is 6.92 Å². The maximum absolute atomic E-state index is 12.8. The molecule has 170 valence electrons. The molecular formula is C26H27N3O3S. The number of aryl methyl sites for hydroxylation is 1. The van der Waals surface area contributed by atoms with Crippen molar-refractivity contribution in [1.82, 2.24) is 15.1 Å². The fourth-order valence-electron chi connectivity index (χ4n) is 4.35. The van der Waals surface area contributed by atoms with Crippen LogP contribution >= 0.6 is 11.3 Å². The molecule has 1 aliphatic rings. The number of thiophene rings is 1. The first-order chi connectivity index (χ1) is 16.1. The summed E-state index contributed by atoms with van der Waals surface area (Å²) in [5, 5.41) is 4.37. The Kier molecular flexibility index (Phi) is 6.26. The molecule has 1 amide bonds. The first kappa shape index (κ1) is 21.8. The number of fused-ring (bicyclic) bond motifs is 3. The third kappa shape index (κ3) is 4.85. The third-order valence-corrected chi connectivity index (χ3v) is 7.35. The lowest BCUT2D eigenvalue weighted by Crippen LogP contribution is -2.48. The Morgan fingerprint density at radius 1 is 1.00 bits per heavy atom. The van der Waals surface area contributed by atoms with Crippen LogP contribution in [0.1, 0.15) is 20.8 Å². The Morgan fingerprint density at radius 3 is 2.55 bits per heavy atom. The molecule has 1 N–H and O–H groups in total. The SMILES string of the molecule is Cc1ccc2oc(=O)c3cc(C(=O)NCCN4CCN(Cc5ccccc5)CC4)sc3c2c1. The number of hydrogen-bond acceptors (Lipinski definition) is 6. The number of amides is 1. The van der Waals surface area contributed by atoms with Gasteiger partial charge in [0.05, 0.1) is 15.0 Å². The summed E-state index contributed by atoms with van der Waals surface area (Å²) in [5.74, 6) is -0.140. The van der Waals surface area contributed by atoms with Gasteiger partial charge in [0.25, 0.3) is 5.91 Å². The van der Waals surface area contributed by atoms with E-state index < -0.39 is 5.63 Å². The maximum Gasteiger partial charge on any atom is 0.345 e. The van der Waals surface area contributed by atoms with Crippen molar-refractivity contribution in [2.45, 2.75) is 13.5 Å². The molecule has 2 aromatic carbocycles. The van der Waals surface area contributed by atoms with Crippen molar-refractivity contribution in [3.63, 3.8) is 0 Å². The van der Waals surface area contributed by atoms with Gasteiger partial charge in [-0.05, 0) is 30.7 Å². The molecule has 0 aliphatic carbocycles. The van der Waals surface area contributed by atoms with Gasteiger partial charge in [-0.3, -0.25) is 14.6 Å². The van der Waals surface area contributed by atoms with Gasteiger partial charge in [-0.1, -0.05) is 42.0 Å². The van der Waals surface area contributed by atoms with Crippen LogP contribution in [0.5, 0.6) is 0 Å². The minimum absolute atomic E-state index is 0.140. The Balaban J connectivity index is 1.16. The molecule has 5 rings (SSSR count). The van der Waals surface area contributed by atoms with Crippen molar-refractivity contribution < 1.29 is 9.21 Å². The first-order valence-electron chi connectivity index (χ1n) is 11.3. The van der Waals surface area contributed by atoms with E-state index in [9.17, 15) is 9.59 Å². The molecule has 2 aromatic heterocycles. The van der Waals surface area contributed by atoms with E-state index in [1.54, 1.807) is 6.07 Å². The van der Waals surface area contributed by atoms with Crippen molar-refractivity contribution in [2.75, 3.05) is 39.3 Å². The normalized spacial score (nSPS) is 15.3. The van der Waals surface area contributed by atoms with Gasteiger partial charge in [0.1, 0.15) is 5.58 Å². The molecule has 1 aliphatic heterocycles. The topological polar surface area (TPSA) is 65.8 Å². The third-order valence-electron chi connectivity index (χ3n) is 6.19. The van der Waals surface area contributed by atoms with Crippen LogP contribution in [0.2, 0.25) is 0 Å². The van der Waals surface area contributed by atoms with Crippen LogP contribution in [0.15, 0.2) is 63.8 Å². The van der Waals surface area contributed by atoms with Crippen LogP contribution < -0.4 is 10.9 Å². The zero-order chi connectivity index (χ0) is 22.8. The van der Waals surface area contributed by atoms with E-state index in [1.165, 1.54) is 16.9 Å². The molecule has 4 aromatic rings. The van der Waals surface area contributed by atoms with E-state index in [0.29, 0.717) is 22.4 Å². The molecule has 1 fully saturated rings. The highest BCUT2D eigenvalue weighted by Crippen LogP contribution is 2.31. The highest BCUT2D eigenvalue weighted by atomic mass is 32.1. The molecule has 7 heteroatoms. The molecule has 0 radical (unpaired) electrons. The Labute approximate surface area is 196 Å². The van der Waals surface area contributed by atoms with Crippen molar-refractivity contribution in [1.29, 1.82) is 0 Å². The van der Waals surface area contributed by atoms with E-state index in [1.807, 2.05) is 31.2 Å². The lowest BCUT2D eigenvalue weighted by molar-refractivity contribution is 0.0938. The van der Waals surface area contributed by atoms with Gasteiger partial charge in [-0.2, -0.15) is 0 Å². The number of carbonyl (C=O) groups excluding carboxylic acids is 1. The summed E-state index contributed by atoms with van der Waals surface area (Å²) in [6.07, 6.45) is 0. The second kappa shape index (κ2) is 9.47. The molecular weight excluding hydrogens is 434 g/mol. The number of carbonyl (C=O) groups is 1.